The molecule has 0 radical (unpaired) electrons. The molecule has 1 aromatic rings. The van der Waals surface area contributed by atoms with E-state index in [2.05, 4.69) is 23.5 Å². The van der Waals surface area contributed by atoms with E-state index in [0.717, 1.165) is 44.3 Å². The molecule has 20 heavy (non-hydrogen) atoms. The summed E-state index contributed by atoms with van der Waals surface area (Å²) in [5.41, 5.74) is 2.71. The predicted molar refractivity (Wildman–Crippen MR) is 80.1 cm³/mol. The molecule has 110 valence electrons. The van der Waals surface area contributed by atoms with Gasteiger partial charge in [0.1, 0.15) is 11.9 Å². The van der Waals surface area contributed by atoms with Crippen molar-refractivity contribution in [3.8, 4) is 5.75 Å². The van der Waals surface area contributed by atoms with Gasteiger partial charge in [0.25, 0.3) is 0 Å². The van der Waals surface area contributed by atoms with E-state index in [-0.39, 0.29) is 12.2 Å². The molecular formula is C17H25NO2. The van der Waals surface area contributed by atoms with Gasteiger partial charge in [-0.3, -0.25) is 0 Å². The van der Waals surface area contributed by atoms with Crippen LogP contribution in [0, 0.1) is 0 Å². The van der Waals surface area contributed by atoms with Crippen LogP contribution in [0.2, 0.25) is 0 Å². The molecule has 0 spiro atoms. The van der Waals surface area contributed by atoms with Gasteiger partial charge in [-0.25, -0.2) is 0 Å². The van der Waals surface area contributed by atoms with E-state index in [1.165, 1.54) is 17.5 Å². The monoisotopic (exact) mass is 275 g/mol. The third kappa shape index (κ3) is 2.70. The molecule has 0 aliphatic heterocycles. The quantitative estimate of drug-likeness (QED) is 0.833. The molecule has 3 atom stereocenters. The van der Waals surface area contributed by atoms with Gasteiger partial charge in [0, 0.05) is 6.04 Å². The second-order valence-electron chi connectivity index (χ2n) is 6.07. The summed E-state index contributed by atoms with van der Waals surface area (Å²) < 4.78 is 6.21. The SMILES string of the molecule is CNC1CCc2c(OC3CCCCCC3O)cccc21. The number of benzene rings is 1. The fraction of sp³-hybridized carbons (Fsp3) is 0.647. The fourth-order valence-electron chi connectivity index (χ4n) is 3.59. The Morgan fingerprint density at radius 2 is 2.00 bits per heavy atom. The molecule has 2 N–H and O–H groups in total. The molecule has 2 aliphatic rings. The minimum absolute atomic E-state index is 0.0300. The summed E-state index contributed by atoms with van der Waals surface area (Å²) in [6.07, 6.45) is 7.21. The zero-order valence-electron chi connectivity index (χ0n) is 12.3. The Hall–Kier alpha value is -1.06. The van der Waals surface area contributed by atoms with Gasteiger partial charge in [0.15, 0.2) is 0 Å². The van der Waals surface area contributed by atoms with Crippen LogP contribution in [-0.4, -0.2) is 24.4 Å². The van der Waals surface area contributed by atoms with Gasteiger partial charge in [-0.15, -0.1) is 0 Å². The van der Waals surface area contributed by atoms with Crippen LogP contribution in [0.15, 0.2) is 18.2 Å². The van der Waals surface area contributed by atoms with Crippen molar-refractivity contribution in [2.75, 3.05) is 7.05 Å². The third-order valence-electron chi connectivity index (χ3n) is 4.77. The van der Waals surface area contributed by atoms with Gasteiger partial charge in [-0.1, -0.05) is 25.0 Å². The molecule has 3 unspecified atom stereocenters. The van der Waals surface area contributed by atoms with Crippen molar-refractivity contribution in [3.05, 3.63) is 29.3 Å². The van der Waals surface area contributed by atoms with Crippen LogP contribution in [0.5, 0.6) is 5.75 Å². The van der Waals surface area contributed by atoms with Crippen molar-refractivity contribution in [1.82, 2.24) is 5.32 Å². The lowest BCUT2D eigenvalue weighted by molar-refractivity contribution is 0.0315. The number of rotatable bonds is 3. The number of hydrogen-bond acceptors (Lipinski definition) is 3. The van der Waals surface area contributed by atoms with Crippen LogP contribution in [0.1, 0.15) is 55.7 Å². The highest BCUT2D eigenvalue weighted by atomic mass is 16.5. The molecule has 0 aromatic heterocycles. The number of hydrogen-bond donors (Lipinski definition) is 2. The Morgan fingerprint density at radius 1 is 1.15 bits per heavy atom. The predicted octanol–water partition coefficient (Wildman–Crippen LogP) is 2.97. The average Bonchev–Trinajstić information content (AvgIpc) is 2.79. The van der Waals surface area contributed by atoms with E-state index >= 15 is 0 Å². The average molecular weight is 275 g/mol. The molecule has 1 fully saturated rings. The zero-order chi connectivity index (χ0) is 13.9. The van der Waals surface area contributed by atoms with Crippen molar-refractivity contribution in [3.63, 3.8) is 0 Å². The van der Waals surface area contributed by atoms with Gasteiger partial charge in [-0.05, 0) is 56.3 Å². The largest absolute Gasteiger partial charge is 0.487 e. The zero-order valence-corrected chi connectivity index (χ0v) is 12.3. The van der Waals surface area contributed by atoms with Crippen LogP contribution in [-0.2, 0) is 6.42 Å². The summed E-state index contributed by atoms with van der Waals surface area (Å²) in [5, 5.41) is 13.6. The minimum atomic E-state index is -0.310. The maximum absolute atomic E-state index is 10.2. The van der Waals surface area contributed by atoms with Crippen molar-refractivity contribution in [2.24, 2.45) is 0 Å². The van der Waals surface area contributed by atoms with E-state index in [1.807, 2.05) is 7.05 Å². The number of fused-ring (bicyclic) bond motifs is 1. The smallest absolute Gasteiger partial charge is 0.124 e. The summed E-state index contributed by atoms with van der Waals surface area (Å²) in [6, 6.07) is 6.79. The first kappa shape index (κ1) is 13.9. The molecule has 3 nitrogen and oxygen atoms in total. The highest BCUT2D eigenvalue weighted by Gasteiger charge is 2.27. The van der Waals surface area contributed by atoms with E-state index in [0.29, 0.717) is 6.04 Å². The Balaban J connectivity index is 1.79. The molecule has 0 bridgehead atoms. The van der Waals surface area contributed by atoms with Gasteiger partial charge >= 0.3 is 0 Å². The second kappa shape index (κ2) is 6.15. The van der Waals surface area contributed by atoms with Gasteiger partial charge in [-0.2, -0.15) is 0 Å². The number of nitrogens with one attached hydrogen (secondary N) is 1. The molecule has 1 aromatic carbocycles. The van der Waals surface area contributed by atoms with Crippen LogP contribution in [0.25, 0.3) is 0 Å². The summed E-state index contributed by atoms with van der Waals surface area (Å²) in [4.78, 5) is 0. The maximum atomic E-state index is 10.2. The van der Waals surface area contributed by atoms with Crippen molar-refractivity contribution in [1.29, 1.82) is 0 Å². The Kier molecular flexibility index (Phi) is 4.27. The van der Waals surface area contributed by atoms with Crippen molar-refractivity contribution in [2.45, 2.75) is 63.2 Å². The molecule has 0 amide bonds. The first-order chi connectivity index (χ1) is 9.79. The van der Waals surface area contributed by atoms with E-state index in [1.54, 1.807) is 0 Å². The Morgan fingerprint density at radius 3 is 2.85 bits per heavy atom. The van der Waals surface area contributed by atoms with Crippen LogP contribution < -0.4 is 10.1 Å². The molecule has 2 aliphatic carbocycles. The maximum Gasteiger partial charge on any atom is 0.124 e. The van der Waals surface area contributed by atoms with Crippen molar-refractivity contribution < 1.29 is 9.84 Å². The third-order valence-corrected chi connectivity index (χ3v) is 4.77. The number of ether oxygens (including phenoxy) is 1. The first-order valence-corrected chi connectivity index (χ1v) is 7.93. The van der Waals surface area contributed by atoms with E-state index in [4.69, 9.17) is 4.74 Å². The molecule has 0 heterocycles. The number of aliphatic hydroxyl groups excluding tert-OH is 1. The van der Waals surface area contributed by atoms with Crippen LogP contribution in [0.3, 0.4) is 0 Å². The topological polar surface area (TPSA) is 41.5 Å². The van der Waals surface area contributed by atoms with Gasteiger partial charge in [0.2, 0.25) is 0 Å². The highest BCUT2D eigenvalue weighted by molar-refractivity contribution is 5.45. The molecule has 1 saturated carbocycles. The lowest BCUT2D eigenvalue weighted by Gasteiger charge is -2.23. The van der Waals surface area contributed by atoms with Crippen molar-refractivity contribution >= 4 is 0 Å². The van der Waals surface area contributed by atoms with Gasteiger partial charge in [0.05, 0.1) is 6.10 Å². The fourth-order valence-corrected chi connectivity index (χ4v) is 3.59. The molecule has 3 heteroatoms. The Bertz CT molecular complexity index is 460. The number of aliphatic hydroxyl groups is 1. The molecular weight excluding hydrogens is 250 g/mol. The standard InChI is InChI=1S/C17H25NO2/c1-18-14-11-10-13-12(14)6-5-9-16(13)20-17-8-4-2-3-7-15(17)19/h5-6,9,14-15,17-19H,2-4,7-8,10-11H2,1H3. The highest BCUT2D eigenvalue weighted by Crippen LogP contribution is 2.37. The van der Waals surface area contributed by atoms with E-state index in [9.17, 15) is 5.11 Å². The summed E-state index contributed by atoms with van der Waals surface area (Å²) in [5.74, 6) is 0.992. The molecule has 0 saturated heterocycles. The van der Waals surface area contributed by atoms with Crippen LogP contribution >= 0.6 is 0 Å². The normalized spacial score (nSPS) is 29.8. The lowest BCUT2D eigenvalue weighted by atomic mass is 10.1. The van der Waals surface area contributed by atoms with Gasteiger partial charge < -0.3 is 15.2 Å². The minimum Gasteiger partial charge on any atom is -0.487 e. The molecule has 3 rings (SSSR count). The van der Waals surface area contributed by atoms with Crippen LogP contribution in [0.4, 0.5) is 0 Å². The summed E-state index contributed by atoms with van der Waals surface area (Å²) in [7, 11) is 2.02. The lowest BCUT2D eigenvalue weighted by Crippen LogP contribution is -2.30. The first-order valence-electron chi connectivity index (χ1n) is 7.93. The summed E-state index contributed by atoms with van der Waals surface area (Å²) in [6.45, 7) is 0. The second-order valence-corrected chi connectivity index (χ2v) is 6.07. The summed E-state index contributed by atoms with van der Waals surface area (Å²) >= 11 is 0. The Labute approximate surface area is 121 Å². The van der Waals surface area contributed by atoms with E-state index < -0.39 is 0 Å².